The molecule has 0 bridgehead atoms. The van der Waals surface area contributed by atoms with Gasteiger partial charge in [0.05, 0.1) is 12.2 Å². The van der Waals surface area contributed by atoms with Gasteiger partial charge in [0.25, 0.3) is 11.8 Å². The third-order valence-corrected chi connectivity index (χ3v) is 5.52. The number of nitrogens with zero attached hydrogens (tertiary/aromatic N) is 2. The summed E-state index contributed by atoms with van der Waals surface area (Å²) in [6.45, 7) is 7.92. The Balaban J connectivity index is 1.72. The first-order chi connectivity index (χ1) is 14.6. The van der Waals surface area contributed by atoms with Gasteiger partial charge in [0.2, 0.25) is 0 Å². The highest BCUT2D eigenvalue weighted by Crippen LogP contribution is 2.34. The van der Waals surface area contributed by atoms with Crippen molar-refractivity contribution in [2.45, 2.75) is 26.3 Å². The molecule has 0 N–H and O–H groups in total. The maximum atomic E-state index is 13.2. The summed E-state index contributed by atoms with van der Waals surface area (Å²) in [5.74, 6) is 0.242. The quantitative estimate of drug-likeness (QED) is 0.522. The van der Waals surface area contributed by atoms with Gasteiger partial charge in [0, 0.05) is 19.6 Å². The molecular weight excluding hydrogens is 376 g/mol. The molecule has 0 saturated heterocycles. The van der Waals surface area contributed by atoms with Crippen LogP contribution in [0.15, 0.2) is 66.9 Å². The van der Waals surface area contributed by atoms with Crippen molar-refractivity contribution in [1.29, 1.82) is 0 Å². The van der Waals surface area contributed by atoms with Gasteiger partial charge in [-0.3, -0.25) is 14.5 Å². The molecule has 2 amide bonds. The van der Waals surface area contributed by atoms with Crippen molar-refractivity contribution in [1.82, 2.24) is 9.80 Å². The lowest BCUT2D eigenvalue weighted by atomic mass is 9.98. The summed E-state index contributed by atoms with van der Waals surface area (Å²) in [6.07, 6.45) is 3.36. The summed E-state index contributed by atoms with van der Waals surface area (Å²) in [6, 6.07) is 15.7. The fourth-order valence-corrected chi connectivity index (χ4v) is 4.04. The molecule has 0 fully saturated rings. The molecular formula is C25H26N2O3. The Kier molecular flexibility index (Phi) is 5.70. The Bertz CT molecular complexity index is 1010. The van der Waals surface area contributed by atoms with Crippen LogP contribution in [0.5, 0.6) is 5.75 Å². The average molecular weight is 402 g/mol. The van der Waals surface area contributed by atoms with Crippen molar-refractivity contribution < 1.29 is 14.3 Å². The zero-order chi connectivity index (χ0) is 21.1. The van der Waals surface area contributed by atoms with E-state index < -0.39 is 0 Å². The largest absolute Gasteiger partial charge is 0.494 e. The summed E-state index contributed by atoms with van der Waals surface area (Å²) in [4.78, 5) is 29.8. The second-order valence-electron chi connectivity index (χ2n) is 7.55. The molecule has 5 heteroatoms. The van der Waals surface area contributed by atoms with E-state index in [0.717, 1.165) is 24.2 Å². The molecule has 4 rings (SSSR count). The predicted octanol–water partition coefficient (Wildman–Crippen LogP) is 3.80. The maximum absolute atomic E-state index is 13.2. The molecule has 0 aromatic heterocycles. The highest BCUT2D eigenvalue weighted by molar-refractivity contribution is 6.35. The SMILES string of the molecule is C=CCN1C(=O)C(c2ccc(OCCC)cc2)=C(N2CCc3ccccc3C2)C1=O. The lowest BCUT2D eigenvalue weighted by Gasteiger charge is -2.31. The molecule has 2 aliphatic heterocycles. The number of carbonyl (C=O) groups is 2. The van der Waals surface area contributed by atoms with E-state index >= 15 is 0 Å². The number of rotatable bonds is 7. The normalized spacial score (nSPS) is 16.2. The van der Waals surface area contributed by atoms with E-state index in [2.05, 4.69) is 25.6 Å². The molecule has 2 heterocycles. The van der Waals surface area contributed by atoms with Gasteiger partial charge < -0.3 is 9.64 Å². The first-order valence-corrected chi connectivity index (χ1v) is 10.4. The van der Waals surface area contributed by atoms with Crippen LogP contribution in [0.3, 0.4) is 0 Å². The first kappa shape index (κ1) is 20.0. The maximum Gasteiger partial charge on any atom is 0.278 e. The number of benzene rings is 2. The average Bonchev–Trinajstić information content (AvgIpc) is 3.03. The number of hydrogen-bond acceptors (Lipinski definition) is 4. The van der Waals surface area contributed by atoms with Gasteiger partial charge in [-0.15, -0.1) is 6.58 Å². The number of fused-ring (bicyclic) bond motifs is 1. The van der Waals surface area contributed by atoms with Crippen molar-refractivity contribution in [2.24, 2.45) is 0 Å². The van der Waals surface area contributed by atoms with Gasteiger partial charge in [-0.2, -0.15) is 0 Å². The van der Waals surface area contributed by atoms with E-state index in [9.17, 15) is 9.59 Å². The van der Waals surface area contributed by atoms with Gasteiger partial charge in [-0.25, -0.2) is 0 Å². The fraction of sp³-hybridized carbons (Fsp3) is 0.280. The van der Waals surface area contributed by atoms with E-state index in [1.807, 2.05) is 41.3 Å². The number of carbonyl (C=O) groups excluding carboxylic acids is 2. The third-order valence-electron chi connectivity index (χ3n) is 5.52. The molecule has 30 heavy (non-hydrogen) atoms. The monoisotopic (exact) mass is 402 g/mol. The molecule has 154 valence electrons. The molecule has 0 saturated carbocycles. The summed E-state index contributed by atoms with van der Waals surface area (Å²) >= 11 is 0. The molecule has 0 radical (unpaired) electrons. The number of amides is 2. The summed E-state index contributed by atoms with van der Waals surface area (Å²) in [5.41, 5.74) is 4.17. The van der Waals surface area contributed by atoms with Crippen molar-refractivity contribution >= 4 is 17.4 Å². The van der Waals surface area contributed by atoms with E-state index in [4.69, 9.17) is 4.74 Å². The van der Waals surface area contributed by atoms with Crippen LogP contribution in [-0.4, -0.2) is 41.3 Å². The topological polar surface area (TPSA) is 49.9 Å². The highest BCUT2D eigenvalue weighted by Gasteiger charge is 2.41. The lowest BCUT2D eigenvalue weighted by molar-refractivity contribution is -0.136. The standard InChI is InChI=1S/C25H26N2O3/c1-3-14-27-24(28)22(19-9-11-21(12-10-19)30-16-4-2)23(25(27)29)26-15-13-18-7-5-6-8-20(18)17-26/h3,5-12H,1,4,13-17H2,2H3. The molecule has 0 atom stereocenters. The molecule has 2 aromatic rings. The first-order valence-electron chi connectivity index (χ1n) is 10.4. The van der Waals surface area contributed by atoms with Gasteiger partial charge in [0.15, 0.2) is 0 Å². The molecule has 0 spiro atoms. The van der Waals surface area contributed by atoms with Crippen LogP contribution in [0.2, 0.25) is 0 Å². The van der Waals surface area contributed by atoms with Crippen LogP contribution in [-0.2, 0) is 22.6 Å². The highest BCUT2D eigenvalue weighted by atomic mass is 16.5. The predicted molar refractivity (Wildman–Crippen MR) is 117 cm³/mol. The third kappa shape index (κ3) is 3.63. The molecule has 5 nitrogen and oxygen atoms in total. The van der Waals surface area contributed by atoms with Gasteiger partial charge >= 0.3 is 0 Å². The number of ether oxygens (including phenoxy) is 1. The van der Waals surface area contributed by atoms with Crippen LogP contribution < -0.4 is 4.74 Å². The summed E-state index contributed by atoms with van der Waals surface area (Å²) in [5, 5.41) is 0. The van der Waals surface area contributed by atoms with Gasteiger partial charge in [-0.1, -0.05) is 49.4 Å². The Labute approximate surface area is 177 Å². The number of hydrogen-bond donors (Lipinski definition) is 0. The Morgan fingerprint density at radius 2 is 1.77 bits per heavy atom. The van der Waals surface area contributed by atoms with Crippen LogP contribution >= 0.6 is 0 Å². The van der Waals surface area contributed by atoms with Crippen molar-refractivity contribution in [3.05, 3.63) is 83.6 Å². The summed E-state index contributed by atoms with van der Waals surface area (Å²) < 4.78 is 5.66. The zero-order valence-electron chi connectivity index (χ0n) is 17.3. The van der Waals surface area contributed by atoms with Gasteiger partial charge in [0.1, 0.15) is 11.4 Å². The van der Waals surface area contributed by atoms with Crippen LogP contribution in [0.25, 0.3) is 5.57 Å². The molecule has 0 aliphatic carbocycles. The van der Waals surface area contributed by atoms with Crippen LogP contribution in [0, 0.1) is 0 Å². The number of imide groups is 1. The Hall–Kier alpha value is -3.34. The van der Waals surface area contributed by atoms with E-state index in [0.29, 0.717) is 31.0 Å². The minimum atomic E-state index is -0.268. The second-order valence-corrected chi connectivity index (χ2v) is 7.55. The van der Waals surface area contributed by atoms with Crippen molar-refractivity contribution in [3.63, 3.8) is 0 Å². The minimum absolute atomic E-state index is 0.201. The molecule has 0 unspecified atom stereocenters. The summed E-state index contributed by atoms with van der Waals surface area (Å²) in [7, 11) is 0. The van der Waals surface area contributed by atoms with Crippen LogP contribution in [0.4, 0.5) is 0 Å². The second kappa shape index (κ2) is 8.57. The van der Waals surface area contributed by atoms with E-state index in [-0.39, 0.29) is 18.4 Å². The smallest absolute Gasteiger partial charge is 0.278 e. The van der Waals surface area contributed by atoms with Crippen molar-refractivity contribution in [3.8, 4) is 5.75 Å². The van der Waals surface area contributed by atoms with E-state index in [1.54, 1.807) is 6.08 Å². The molecule has 2 aliphatic rings. The minimum Gasteiger partial charge on any atom is -0.494 e. The lowest BCUT2D eigenvalue weighted by Crippen LogP contribution is -2.37. The van der Waals surface area contributed by atoms with E-state index in [1.165, 1.54) is 16.0 Å². The fourth-order valence-electron chi connectivity index (χ4n) is 4.04. The Morgan fingerprint density at radius 1 is 1.03 bits per heavy atom. The zero-order valence-corrected chi connectivity index (χ0v) is 17.3. The molecule has 2 aromatic carbocycles. The van der Waals surface area contributed by atoms with Gasteiger partial charge in [-0.05, 0) is 41.7 Å². The van der Waals surface area contributed by atoms with Crippen molar-refractivity contribution in [2.75, 3.05) is 19.7 Å². The van der Waals surface area contributed by atoms with Crippen LogP contribution in [0.1, 0.15) is 30.0 Å². The Morgan fingerprint density at radius 3 is 2.47 bits per heavy atom.